The molecule has 0 aliphatic carbocycles. The molecule has 0 spiro atoms. The van der Waals surface area contributed by atoms with Crippen LogP contribution in [0.25, 0.3) is 0 Å². The Morgan fingerprint density at radius 3 is 2.45 bits per heavy atom. The average molecular weight is 272 g/mol. The van der Waals surface area contributed by atoms with E-state index in [1.54, 1.807) is 26.2 Å². The van der Waals surface area contributed by atoms with E-state index in [0.29, 0.717) is 16.9 Å². The predicted molar refractivity (Wildman–Crippen MR) is 74.3 cm³/mol. The van der Waals surface area contributed by atoms with Crippen molar-refractivity contribution in [3.05, 3.63) is 53.0 Å². The van der Waals surface area contributed by atoms with Gasteiger partial charge in [-0.05, 0) is 31.5 Å². The van der Waals surface area contributed by atoms with Gasteiger partial charge in [0.05, 0.1) is 13.4 Å². The summed E-state index contributed by atoms with van der Waals surface area (Å²) in [6, 6.07) is 7.31. The molecule has 2 rings (SSSR count). The highest BCUT2D eigenvalue weighted by atomic mass is 16.5. The van der Waals surface area contributed by atoms with E-state index < -0.39 is 0 Å². The number of hydrogen-bond acceptors (Lipinski definition) is 4. The van der Waals surface area contributed by atoms with Crippen molar-refractivity contribution in [3.8, 4) is 5.75 Å². The monoisotopic (exact) mass is 272 g/mol. The lowest BCUT2D eigenvalue weighted by Gasteiger charge is -2.25. The molecule has 0 aromatic heterocycles. The zero-order valence-corrected chi connectivity index (χ0v) is 11.7. The van der Waals surface area contributed by atoms with Crippen molar-refractivity contribution < 1.29 is 19.1 Å². The minimum Gasteiger partial charge on any atom is -0.497 e. The molecule has 1 aliphatic rings. The molecule has 0 radical (unpaired) electrons. The lowest BCUT2D eigenvalue weighted by molar-refractivity contribution is -0.114. The van der Waals surface area contributed by atoms with Crippen LogP contribution in [0.15, 0.2) is 47.4 Å². The van der Waals surface area contributed by atoms with Crippen LogP contribution in [-0.4, -0.2) is 19.2 Å². The Bertz CT molecular complexity index is 593. The molecule has 1 aliphatic heterocycles. The minimum atomic E-state index is -0.385. The van der Waals surface area contributed by atoms with Crippen LogP contribution in [0.2, 0.25) is 0 Å². The highest BCUT2D eigenvalue weighted by Gasteiger charge is 2.30. The first-order valence-electron chi connectivity index (χ1n) is 6.26. The molecule has 0 amide bonds. The number of carbonyl (C=O) groups excluding carboxylic acids is 2. The van der Waals surface area contributed by atoms with Gasteiger partial charge in [-0.3, -0.25) is 9.59 Å². The Hall–Kier alpha value is -2.36. The van der Waals surface area contributed by atoms with Gasteiger partial charge in [0.15, 0.2) is 5.78 Å². The number of ketones is 1. The van der Waals surface area contributed by atoms with Crippen LogP contribution in [0.4, 0.5) is 0 Å². The number of Topliss-reactive ketones (excluding diaryl/α,β-unsaturated/α-hetero) is 1. The molecule has 104 valence electrons. The Labute approximate surface area is 117 Å². The van der Waals surface area contributed by atoms with E-state index in [9.17, 15) is 9.59 Å². The highest BCUT2D eigenvalue weighted by molar-refractivity contribution is 5.98. The first-order chi connectivity index (χ1) is 9.58. The number of aldehydes is 1. The molecule has 0 N–H and O–H groups in total. The third-order valence-corrected chi connectivity index (χ3v) is 3.34. The van der Waals surface area contributed by atoms with E-state index in [4.69, 9.17) is 9.47 Å². The van der Waals surface area contributed by atoms with Gasteiger partial charge in [-0.2, -0.15) is 0 Å². The number of hydrogen-bond donors (Lipinski definition) is 0. The topological polar surface area (TPSA) is 52.6 Å². The van der Waals surface area contributed by atoms with Gasteiger partial charge in [-0.1, -0.05) is 12.1 Å². The van der Waals surface area contributed by atoms with Gasteiger partial charge in [-0.25, -0.2) is 0 Å². The van der Waals surface area contributed by atoms with Crippen molar-refractivity contribution in [1.82, 2.24) is 0 Å². The lowest BCUT2D eigenvalue weighted by Crippen LogP contribution is -2.18. The Balaban J connectivity index is 2.51. The Morgan fingerprint density at radius 2 is 1.95 bits per heavy atom. The maximum absolute atomic E-state index is 11.9. The second-order valence-electron chi connectivity index (χ2n) is 4.59. The van der Waals surface area contributed by atoms with Crippen LogP contribution in [0.5, 0.6) is 5.75 Å². The summed E-state index contributed by atoms with van der Waals surface area (Å²) in [4.78, 5) is 23.1. The molecule has 4 heteroatoms. The van der Waals surface area contributed by atoms with E-state index in [1.807, 2.05) is 12.1 Å². The number of allylic oxidation sites excluding steroid dienone is 3. The SMILES string of the molecule is COc1ccc(C2C(C=O)=COC(C)=C2C(C)=O)cc1. The summed E-state index contributed by atoms with van der Waals surface area (Å²) in [5.74, 6) is 0.770. The summed E-state index contributed by atoms with van der Waals surface area (Å²) >= 11 is 0. The van der Waals surface area contributed by atoms with Gasteiger partial charge >= 0.3 is 0 Å². The molecular weight excluding hydrogens is 256 g/mol. The first kappa shape index (κ1) is 14.1. The Kier molecular flexibility index (Phi) is 4.03. The first-order valence-corrected chi connectivity index (χ1v) is 6.26. The fourth-order valence-electron chi connectivity index (χ4n) is 2.36. The fraction of sp³-hybridized carbons (Fsp3) is 0.250. The second kappa shape index (κ2) is 5.74. The van der Waals surface area contributed by atoms with Gasteiger partial charge in [0.2, 0.25) is 0 Å². The van der Waals surface area contributed by atoms with E-state index in [0.717, 1.165) is 17.6 Å². The van der Waals surface area contributed by atoms with E-state index in [-0.39, 0.29) is 11.7 Å². The largest absolute Gasteiger partial charge is 0.497 e. The van der Waals surface area contributed by atoms with Crippen molar-refractivity contribution in [2.24, 2.45) is 0 Å². The quantitative estimate of drug-likeness (QED) is 0.791. The van der Waals surface area contributed by atoms with Crippen LogP contribution in [0, 0.1) is 0 Å². The van der Waals surface area contributed by atoms with E-state index in [2.05, 4.69) is 0 Å². The van der Waals surface area contributed by atoms with Crippen LogP contribution in [0.1, 0.15) is 25.3 Å². The fourth-order valence-corrected chi connectivity index (χ4v) is 2.36. The molecule has 1 unspecified atom stereocenters. The number of ether oxygens (including phenoxy) is 2. The second-order valence-corrected chi connectivity index (χ2v) is 4.59. The average Bonchev–Trinajstić information content (AvgIpc) is 2.46. The van der Waals surface area contributed by atoms with Gasteiger partial charge in [-0.15, -0.1) is 0 Å². The standard InChI is InChI=1S/C16H16O4/c1-10(18)15-11(2)20-9-13(8-17)16(15)12-4-6-14(19-3)7-5-12/h4-9,16H,1-3H3. The molecule has 0 saturated heterocycles. The van der Waals surface area contributed by atoms with Crippen molar-refractivity contribution >= 4 is 12.1 Å². The third kappa shape index (κ3) is 2.50. The number of rotatable bonds is 4. The summed E-state index contributed by atoms with van der Waals surface area (Å²) in [5, 5.41) is 0. The summed E-state index contributed by atoms with van der Waals surface area (Å²) in [7, 11) is 1.59. The third-order valence-electron chi connectivity index (χ3n) is 3.34. The number of methoxy groups -OCH3 is 1. The smallest absolute Gasteiger partial charge is 0.160 e. The molecule has 0 saturated carbocycles. The molecule has 0 fully saturated rings. The molecule has 4 nitrogen and oxygen atoms in total. The molecule has 1 heterocycles. The normalized spacial score (nSPS) is 18.1. The molecule has 20 heavy (non-hydrogen) atoms. The van der Waals surface area contributed by atoms with Gasteiger partial charge < -0.3 is 9.47 Å². The van der Waals surface area contributed by atoms with Crippen molar-refractivity contribution in [3.63, 3.8) is 0 Å². The summed E-state index contributed by atoms with van der Waals surface area (Å²) < 4.78 is 10.4. The lowest BCUT2D eigenvalue weighted by atomic mass is 9.82. The minimum absolute atomic E-state index is 0.101. The summed E-state index contributed by atoms with van der Waals surface area (Å²) in [5.41, 5.74) is 1.81. The number of carbonyl (C=O) groups is 2. The van der Waals surface area contributed by atoms with E-state index in [1.165, 1.54) is 13.2 Å². The van der Waals surface area contributed by atoms with Gasteiger partial charge in [0.25, 0.3) is 0 Å². The van der Waals surface area contributed by atoms with Gasteiger partial charge in [0.1, 0.15) is 17.8 Å². The van der Waals surface area contributed by atoms with E-state index >= 15 is 0 Å². The molecule has 1 aromatic carbocycles. The Morgan fingerprint density at radius 1 is 1.30 bits per heavy atom. The summed E-state index contributed by atoms with van der Waals surface area (Å²) in [6.45, 7) is 3.21. The maximum atomic E-state index is 11.9. The van der Waals surface area contributed by atoms with Crippen LogP contribution in [-0.2, 0) is 14.3 Å². The number of benzene rings is 1. The maximum Gasteiger partial charge on any atom is 0.160 e. The zero-order valence-electron chi connectivity index (χ0n) is 11.7. The van der Waals surface area contributed by atoms with Crippen LogP contribution in [0.3, 0.4) is 0 Å². The summed E-state index contributed by atoms with van der Waals surface area (Å²) in [6.07, 6.45) is 2.13. The highest BCUT2D eigenvalue weighted by Crippen LogP contribution is 2.37. The molecular formula is C16H16O4. The van der Waals surface area contributed by atoms with Crippen molar-refractivity contribution in [1.29, 1.82) is 0 Å². The van der Waals surface area contributed by atoms with Crippen LogP contribution >= 0.6 is 0 Å². The molecule has 0 bridgehead atoms. The predicted octanol–water partition coefficient (Wildman–Crippen LogP) is 2.75. The zero-order chi connectivity index (χ0) is 14.7. The van der Waals surface area contributed by atoms with Crippen molar-refractivity contribution in [2.75, 3.05) is 7.11 Å². The molecule has 1 aromatic rings. The molecule has 1 atom stereocenters. The van der Waals surface area contributed by atoms with Gasteiger partial charge in [0, 0.05) is 17.1 Å². The van der Waals surface area contributed by atoms with Crippen LogP contribution < -0.4 is 4.74 Å². The van der Waals surface area contributed by atoms with Crippen molar-refractivity contribution in [2.45, 2.75) is 19.8 Å².